The third-order valence-corrected chi connectivity index (χ3v) is 3.32. The predicted octanol–water partition coefficient (Wildman–Crippen LogP) is 1.37. The van der Waals surface area contributed by atoms with Crippen molar-refractivity contribution >= 4 is 21.7 Å². The maximum absolute atomic E-state index is 11.7. The highest BCUT2D eigenvalue weighted by molar-refractivity contribution is 9.10. The summed E-state index contributed by atoms with van der Waals surface area (Å²) in [5.74, 6) is 0.940. The van der Waals surface area contributed by atoms with Crippen molar-refractivity contribution in [1.29, 1.82) is 0 Å². The minimum absolute atomic E-state index is 0.00284. The molecule has 2 heterocycles. The number of morpholine rings is 1. The van der Waals surface area contributed by atoms with E-state index < -0.39 is 0 Å². The normalized spacial score (nSPS) is 21.2. The summed E-state index contributed by atoms with van der Waals surface area (Å²) in [5.41, 5.74) is 0.00284. The summed E-state index contributed by atoms with van der Waals surface area (Å²) in [4.78, 5) is 13.9. The van der Waals surface area contributed by atoms with Gasteiger partial charge in [-0.25, -0.2) is 0 Å². The van der Waals surface area contributed by atoms with Gasteiger partial charge in [-0.3, -0.25) is 9.36 Å². The van der Waals surface area contributed by atoms with Crippen molar-refractivity contribution in [2.24, 2.45) is 7.05 Å². The Morgan fingerprint density at radius 3 is 2.94 bits per heavy atom. The summed E-state index contributed by atoms with van der Waals surface area (Å²) in [6, 6.07) is 3.85. The fourth-order valence-electron chi connectivity index (χ4n) is 1.93. The third-order valence-electron chi connectivity index (χ3n) is 2.86. The molecule has 0 radical (unpaired) electrons. The van der Waals surface area contributed by atoms with Gasteiger partial charge in [0.25, 0.3) is 5.56 Å². The van der Waals surface area contributed by atoms with Gasteiger partial charge in [0.1, 0.15) is 5.82 Å². The number of halogens is 1. The molecule has 5 heteroatoms. The van der Waals surface area contributed by atoms with Crippen molar-refractivity contribution in [3.8, 4) is 0 Å². The SMILES string of the molecule is C[C@@H]1COCCN1c1cc(Br)cc(=O)n1C. The van der Waals surface area contributed by atoms with E-state index in [1.54, 1.807) is 17.7 Å². The Morgan fingerprint density at radius 2 is 2.25 bits per heavy atom. The average molecular weight is 287 g/mol. The Morgan fingerprint density at radius 1 is 1.50 bits per heavy atom. The molecule has 0 saturated carbocycles. The van der Waals surface area contributed by atoms with Crippen molar-refractivity contribution in [2.75, 3.05) is 24.7 Å². The molecule has 0 spiro atoms. The quantitative estimate of drug-likeness (QED) is 0.782. The fraction of sp³-hybridized carbons (Fsp3) is 0.545. The van der Waals surface area contributed by atoms with Crippen LogP contribution < -0.4 is 10.5 Å². The summed E-state index contributed by atoms with van der Waals surface area (Å²) in [7, 11) is 1.80. The average Bonchev–Trinajstić information content (AvgIpc) is 2.24. The number of hydrogen-bond donors (Lipinski definition) is 0. The predicted molar refractivity (Wildman–Crippen MR) is 67.0 cm³/mol. The molecule has 1 atom stereocenters. The van der Waals surface area contributed by atoms with Crippen molar-refractivity contribution in [1.82, 2.24) is 4.57 Å². The van der Waals surface area contributed by atoms with E-state index >= 15 is 0 Å². The number of anilines is 1. The topological polar surface area (TPSA) is 34.5 Å². The monoisotopic (exact) mass is 286 g/mol. The molecule has 0 N–H and O–H groups in total. The van der Waals surface area contributed by atoms with E-state index in [0.29, 0.717) is 19.3 Å². The van der Waals surface area contributed by atoms with Gasteiger partial charge < -0.3 is 9.64 Å². The molecule has 1 saturated heterocycles. The van der Waals surface area contributed by atoms with Gasteiger partial charge in [-0.15, -0.1) is 0 Å². The van der Waals surface area contributed by atoms with Crippen molar-refractivity contribution in [3.63, 3.8) is 0 Å². The number of aromatic nitrogens is 1. The van der Waals surface area contributed by atoms with Crippen LogP contribution in [-0.2, 0) is 11.8 Å². The molecule has 1 aliphatic rings. The van der Waals surface area contributed by atoms with Gasteiger partial charge in [-0.05, 0) is 13.0 Å². The first-order valence-corrected chi connectivity index (χ1v) is 6.10. The third kappa shape index (κ3) is 2.15. The minimum atomic E-state index is 0.00284. The first-order chi connectivity index (χ1) is 7.59. The molecule has 0 bridgehead atoms. The van der Waals surface area contributed by atoms with Gasteiger partial charge in [-0.1, -0.05) is 15.9 Å². The van der Waals surface area contributed by atoms with Gasteiger partial charge in [0, 0.05) is 24.1 Å². The summed E-state index contributed by atoms with van der Waals surface area (Å²) in [5, 5.41) is 0. The summed E-state index contributed by atoms with van der Waals surface area (Å²) in [6.07, 6.45) is 0. The first kappa shape index (κ1) is 11.7. The fourth-order valence-corrected chi connectivity index (χ4v) is 2.33. The molecule has 16 heavy (non-hydrogen) atoms. The largest absolute Gasteiger partial charge is 0.377 e. The Balaban J connectivity index is 2.42. The number of pyridine rings is 1. The molecular formula is C11H15BrN2O2. The van der Waals surface area contributed by atoms with Crippen LogP contribution in [0.1, 0.15) is 6.92 Å². The molecule has 2 rings (SSSR count). The molecule has 4 nitrogen and oxygen atoms in total. The van der Waals surface area contributed by atoms with Crippen molar-refractivity contribution < 1.29 is 4.74 Å². The van der Waals surface area contributed by atoms with Crippen molar-refractivity contribution in [2.45, 2.75) is 13.0 Å². The van der Waals surface area contributed by atoms with E-state index in [2.05, 4.69) is 27.8 Å². The second-order valence-corrected chi connectivity index (χ2v) is 4.96. The highest BCUT2D eigenvalue weighted by Crippen LogP contribution is 2.21. The van der Waals surface area contributed by atoms with E-state index in [9.17, 15) is 4.79 Å². The standard InChI is InChI=1S/C11H15BrN2O2/c1-8-7-16-4-3-14(8)10-5-9(12)6-11(15)13(10)2/h5-6,8H,3-4,7H2,1-2H3/t8-/m1/s1. The minimum Gasteiger partial charge on any atom is -0.377 e. The lowest BCUT2D eigenvalue weighted by Crippen LogP contribution is -2.45. The number of ether oxygens (including phenoxy) is 1. The van der Waals surface area contributed by atoms with E-state index in [0.717, 1.165) is 16.8 Å². The van der Waals surface area contributed by atoms with Crippen LogP contribution in [0.4, 0.5) is 5.82 Å². The van der Waals surface area contributed by atoms with E-state index in [-0.39, 0.29) is 5.56 Å². The van der Waals surface area contributed by atoms with Crippen LogP contribution in [0.25, 0.3) is 0 Å². The zero-order chi connectivity index (χ0) is 11.7. The number of rotatable bonds is 1. The van der Waals surface area contributed by atoms with Crippen LogP contribution in [-0.4, -0.2) is 30.4 Å². The smallest absolute Gasteiger partial charge is 0.252 e. The second kappa shape index (κ2) is 4.59. The molecule has 0 unspecified atom stereocenters. The van der Waals surface area contributed by atoms with Crippen LogP contribution in [0.5, 0.6) is 0 Å². The van der Waals surface area contributed by atoms with Crippen LogP contribution in [0, 0.1) is 0 Å². The van der Waals surface area contributed by atoms with Gasteiger partial charge >= 0.3 is 0 Å². The lowest BCUT2D eigenvalue weighted by Gasteiger charge is -2.36. The highest BCUT2D eigenvalue weighted by Gasteiger charge is 2.21. The Hall–Kier alpha value is -0.810. The Kier molecular flexibility index (Phi) is 3.35. The summed E-state index contributed by atoms with van der Waals surface area (Å²) < 4.78 is 7.89. The molecule has 1 aromatic heterocycles. The number of hydrogen-bond acceptors (Lipinski definition) is 3. The zero-order valence-corrected chi connectivity index (χ0v) is 11.0. The van der Waals surface area contributed by atoms with Crippen LogP contribution in [0.2, 0.25) is 0 Å². The maximum atomic E-state index is 11.7. The molecule has 1 aromatic rings. The van der Waals surface area contributed by atoms with Gasteiger partial charge in [0.15, 0.2) is 0 Å². The van der Waals surface area contributed by atoms with E-state index in [1.165, 1.54) is 0 Å². The molecule has 1 fully saturated rings. The van der Waals surface area contributed by atoms with Crippen molar-refractivity contribution in [3.05, 3.63) is 27.0 Å². The lowest BCUT2D eigenvalue weighted by atomic mass is 10.2. The number of nitrogens with zero attached hydrogens (tertiary/aromatic N) is 2. The molecule has 1 aliphatic heterocycles. The second-order valence-electron chi connectivity index (χ2n) is 4.05. The van der Waals surface area contributed by atoms with Gasteiger partial charge in [0.2, 0.25) is 0 Å². The Bertz CT molecular complexity index is 444. The van der Waals surface area contributed by atoms with E-state index in [1.807, 2.05) is 6.07 Å². The van der Waals surface area contributed by atoms with Crippen LogP contribution in [0.3, 0.4) is 0 Å². The first-order valence-electron chi connectivity index (χ1n) is 5.30. The van der Waals surface area contributed by atoms with Crippen LogP contribution >= 0.6 is 15.9 Å². The van der Waals surface area contributed by atoms with Gasteiger partial charge in [-0.2, -0.15) is 0 Å². The molecular weight excluding hydrogens is 272 g/mol. The van der Waals surface area contributed by atoms with Gasteiger partial charge in [0.05, 0.1) is 19.3 Å². The van der Waals surface area contributed by atoms with Crippen LogP contribution in [0.15, 0.2) is 21.4 Å². The zero-order valence-electron chi connectivity index (χ0n) is 9.44. The highest BCUT2D eigenvalue weighted by atomic mass is 79.9. The maximum Gasteiger partial charge on any atom is 0.252 e. The Labute approximate surface area is 103 Å². The lowest BCUT2D eigenvalue weighted by molar-refractivity contribution is 0.0981. The van der Waals surface area contributed by atoms with E-state index in [4.69, 9.17) is 4.74 Å². The molecule has 0 aromatic carbocycles. The molecule has 88 valence electrons. The summed E-state index contributed by atoms with van der Waals surface area (Å²) in [6.45, 7) is 4.35. The summed E-state index contributed by atoms with van der Waals surface area (Å²) >= 11 is 3.36. The molecule has 0 aliphatic carbocycles. The molecule has 0 amide bonds.